The van der Waals surface area contributed by atoms with Crippen molar-refractivity contribution >= 4 is 43.8 Å². The van der Waals surface area contributed by atoms with E-state index >= 15 is 0 Å². The average molecular weight is 353 g/mol. The average Bonchev–Trinajstić information content (AvgIpc) is 3.08. The largest absolute Gasteiger partial charge is 0.368 e. The first-order chi connectivity index (χ1) is 12.1. The van der Waals surface area contributed by atoms with Crippen LogP contribution in [0.2, 0.25) is 0 Å². The number of fused-ring (bicyclic) bond motifs is 4. The van der Waals surface area contributed by atoms with Crippen LogP contribution in [0.5, 0.6) is 0 Å². The Hall–Kier alpha value is -2.51. The molecule has 1 N–H and O–H groups in total. The fourth-order valence-corrected chi connectivity index (χ4v) is 3.70. The molecule has 0 aliphatic carbocycles. The molecule has 0 atom stereocenters. The molecule has 0 bridgehead atoms. The lowest BCUT2D eigenvalue weighted by molar-refractivity contribution is 0.405. The van der Waals surface area contributed by atoms with Gasteiger partial charge < -0.3 is 10.2 Å². The number of aromatic nitrogens is 3. The molecule has 3 aromatic heterocycles. The van der Waals surface area contributed by atoms with Crippen LogP contribution in [-0.4, -0.2) is 46.7 Å². The van der Waals surface area contributed by atoms with Gasteiger partial charge in [-0.2, -0.15) is 4.52 Å². The molecule has 6 nitrogen and oxygen atoms in total. The number of rotatable bonds is 5. The highest BCUT2D eigenvalue weighted by atomic mass is 32.1. The minimum atomic E-state index is -0.122. The molecule has 0 saturated heterocycles. The van der Waals surface area contributed by atoms with Gasteiger partial charge >= 0.3 is 0 Å². The van der Waals surface area contributed by atoms with Gasteiger partial charge in [-0.3, -0.25) is 4.79 Å². The number of hydrogen-bond acceptors (Lipinski definition) is 6. The molecule has 0 saturated carbocycles. The van der Waals surface area contributed by atoms with Gasteiger partial charge in [0.15, 0.2) is 11.5 Å². The summed E-state index contributed by atoms with van der Waals surface area (Å²) in [7, 11) is 4.11. The molecule has 3 heterocycles. The van der Waals surface area contributed by atoms with Crippen molar-refractivity contribution in [2.75, 3.05) is 32.5 Å². The Morgan fingerprint density at radius 2 is 1.96 bits per heavy atom. The molecule has 0 spiro atoms. The van der Waals surface area contributed by atoms with E-state index in [9.17, 15) is 4.79 Å². The smallest absolute Gasteiger partial charge is 0.283 e. The third kappa shape index (κ3) is 2.85. The van der Waals surface area contributed by atoms with Gasteiger partial charge in [0.1, 0.15) is 4.83 Å². The highest BCUT2D eigenvalue weighted by Crippen LogP contribution is 2.25. The Morgan fingerprint density at radius 1 is 1.16 bits per heavy atom. The number of hydrogen-bond donors (Lipinski definition) is 1. The van der Waals surface area contributed by atoms with Crippen molar-refractivity contribution in [2.24, 2.45) is 0 Å². The number of nitrogens with one attached hydrogen (secondary N) is 1. The van der Waals surface area contributed by atoms with Crippen molar-refractivity contribution in [3.63, 3.8) is 0 Å². The van der Waals surface area contributed by atoms with E-state index in [1.807, 2.05) is 35.7 Å². The zero-order valence-electron chi connectivity index (χ0n) is 14.2. The Kier molecular flexibility index (Phi) is 4.10. The summed E-state index contributed by atoms with van der Waals surface area (Å²) in [6.07, 6.45) is 0.998. The van der Waals surface area contributed by atoms with Crippen molar-refractivity contribution in [2.45, 2.75) is 6.42 Å². The van der Waals surface area contributed by atoms with E-state index in [4.69, 9.17) is 0 Å². The maximum absolute atomic E-state index is 12.8. The first-order valence-electron chi connectivity index (χ1n) is 8.23. The minimum absolute atomic E-state index is 0.122. The predicted molar refractivity (Wildman–Crippen MR) is 104 cm³/mol. The number of anilines is 1. The van der Waals surface area contributed by atoms with Crippen LogP contribution in [0.3, 0.4) is 0 Å². The topological polar surface area (TPSA) is 62.5 Å². The van der Waals surface area contributed by atoms with Crippen LogP contribution in [0.4, 0.5) is 5.82 Å². The molecule has 0 amide bonds. The maximum atomic E-state index is 12.8. The second kappa shape index (κ2) is 6.42. The lowest BCUT2D eigenvalue weighted by Crippen LogP contribution is -2.20. The monoisotopic (exact) mass is 353 g/mol. The van der Waals surface area contributed by atoms with Crippen LogP contribution in [0.1, 0.15) is 6.42 Å². The van der Waals surface area contributed by atoms with E-state index in [1.165, 1.54) is 15.9 Å². The van der Waals surface area contributed by atoms with Crippen molar-refractivity contribution < 1.29 is 0 Å². The third-order valence-corrected chi connectivity index (χ3v) is 4.98. The lowest BCUT2D eigenvalue weighted by Gasteiger charge is -2.13. The molecule has 0 fully saturated rings. The minimum Gasteiger partial charge on any atom is -0.368 e. The maximum Gasteiger partial charge on any atom is 0.283 e. The van der Waals surface area contributed by atoms with Crippen LogP contribution in [0, 0.1) is 0 Å². The van der Waals surface area contributed by atoms with E-state index in [0.717, 1.165) is 40.9 Å². The Morgan fingerprint density at radius 3 is 2.76 bits per heavy atom. The third-order valence-electron chi connectivity index (χ3n) is 4.17. The van der Waals surface area contributed by atoms with Crippen LogP contribution < -0.4 is 10.9 Å². The molecule has 128 valence electrons. The summed E-state index contributed by atoms with van der Waals surface area (Å²) in [5.74, 6) is 0.723. The predicted octanol–water partition coefficient (Wildman–Crippen LogP) is 2.82. The summed E-state index contributed by atoms with van der Waals surface area (Å²) in [5.41, 5.74) is 0.484. The molecule has 25 heavy (non-hydrogen) atoms. The van der Waals surface area contributed by atoms with Crippen LogP contribution >= 0.6 is 11.3 Å². The SMILES string of the molecule is CN(C)CCCNc1nn2c(=O)c3ccsc3nc2c2ccccc12. The lowest BCUT2D eigenvalue weighted by atomic mass is 10.1. The molecule has 7 heteroatoms. The second-order valence-corrected chi connectivity index (χ2v) is 7.16. The van der Waals surface area contributed by atoms with Gasteiger partial charge in [0.25, 0.3) is 5.56 Å². The van der Waals surface area contributed by atoms with Gasteiger partial charge in [-0.25, -0.2) is 4.98 Å². The standard InChI is InChI=1S/C18H19N5OS/c1-22(2)10-5-9-19-15-12-6-3-4-7-13(12)16-20-17-14(8-11-25-17)18(24)23(16)21-15/h3-4,6-8,11H,5,9-10H2,1-2H3,(H,19,21). The first kappa shape index (κ1) is 16.0. The van der Waals surface area contributed by atoms with Crippen molar-refractivity contribution in [1.29, 1.82) is 0 Å². The molecular formula is C18H19N5OS. The fourth-order valence-electron chi connectivity index (χ4n) is 2.94. The van der Waals surface area contributed by atoms with Crippen LogP contribution in [0.25, 0.3) is 26.6 Å². The van der Waals surface area contributed by atoms with Crippen molar-refractivity contribution in [1.82, 2.24) is 19.5 Å². The zero-order chi connectivity index (χ0) is 17.4. The number of thiophene rings is 1. The van der Waals surface area contributed by atoms with Crippen molar-refractivity contribution in [3.05, 3.63) is 46.1 Å². The summed E-state index contributed by atoms with van der Waals surface area (Å²) in [6, 6.07) is 9.75. The van der Waals surface area contributed by atoms with E-state index in [2.05, 4.69) is 34.4 Å². The summed E-state index contributed by atoms with van der Waals surface area (Å²) in [5, 5.41) is 12.4. The molecular weight excluding hydrogens is 334 g/mol. The van der Waals surface area contributed by atoms with Gasteiger partial charge in [0, 0.05) is 17.3 Å². The zero-order valence-corrected chi connectivity index (χ0v) is 15.0. The number of nitrogens with zero attached hydrogens (tertiary/aromatic N) is 4. The van der Waals surface area contributed by atoms with E-state index in [1.54, 1.807) is 0 Å². The molecule has 0 radical (unpaired) electrons. The van der Waals surface area contributed by atoms with Crippen LogP contribution in [-0.2, 0) is 0 Å². The quantitative estimate of drug-likeness (QED) is 0.442. The summed E-state index contributed by atoms with van der Waals surface area (Å²) in [4.78, 5) is 20.4. The molecule has 4 rings (SSSR count). The van der Waals surface area contributed by atoms with Gasteiger partial charge in [-0.15, -0.1) is 16.4 Å². The molecule has 0 aliphatic heterocycles. The fraction of sp³-hybridized carbons (Fsp3) is 0.278. The molecule has 4 aromatic rings. The van der Waals surface area contributed by atoms with Gasteiger partial charge in [-0.1, -0.05) is 24.3 Å². The van der Waals surface area contributed by atoms with Crippen molar-refractivity contribution in [3.8, 4) is 0 Å². The Balaban J connectivity index is 1.88. The van der Waals surface area contributed by atoms with E-state index < -0.39 is 0 Å². The Bertz CT molecular complexity index is 1120. The van der Waals surface area contributed by atoms with Gasteiger partial charge in [0.05, 0.1) is 5.39 Å². The van der Waals surface area contributed by atoms with E-state index in [-0.39, 0.29) is 5.56 Å². The first-order valence-corrected chi connectivity index (χ1v) is 9.11. The molecule has 0 aliphatic rings. The van der Waals surface area contributed by atoms with Gasteiger partial charge in [-0.05, 0) is 38.5 Å². The highest BCUT2D eigenvalue weighted by Gasteiger charge is 2.13. The normalized spacial score (nSPS) is 11.8. The molecule has 1 aromatic carbocycles. The summed E-state index contributed by atoms with van der Waals surface area (Å²) in [6.45, 7) is 1.79. The highest BCUT2D eigenvalue weighted by molar-refractivity contribution is 7.16. The van der Waals surface area contributed by atoms with Gasteiger partial charge in [0.2, 0.25) is 0 Å². The van der Waals surface area contributed by atoms with E-state index in [0.29, 0.717) is 11.0 Å². The Labute approximate surface area is 148 Å². The summed E-state index contributed by atoms with van der Waals surface area (Å²) >= 11 is 1.48. The second-order valence-electron chi connectivity index (χ2n) is 6.27. The number of benzene rings is 1. The summed E-state index contributed by atoms with van der Waals surface area (Å²) < 4.78 is 1.42. The molecule has 0 unspecified atom stereocenters. The van der Waals surface area contributed by atoms with Crippen LogP contribution in [0.15, 0.2) is 40.5 Å².